The molecule has 5 aromatic rings. The maximum atomic E-state index is 6.50. The van der Waals surface area contributed by atoms with E-state index in [0.29, 0.717) is 6.61 Å². The Morgan fingerprint density at radius 2 is 1.55 bits per heavy atom. The smallest absolute Gasteiger partial charge is 0.167 e. The zero-order chi connectivity index (χ0) is 21.5. The number of H-pyrrole nitrogens is 2. The van der Waals surface area contributed by atoms with E-state index < -0.39 is 0 Å². The van der Waals surface area contributed by atoms with Crippen LogP contribution in [0.2, 0.25) is 0 Å². The van der Waals surface area contributed by atoms with Crippen molar-refractivity contribution in [3.8, 4) is 5.75 Å². The second-order valence-corrected chi connectivity index (χ2v) is 8.90. The van der Waals surface area contributed by atoms with Crippen molar-refractivity contribution < 1.29 is 4.74 Å². The Balaban J connectivity index is 1.67. The zero-order valence-corrected chi connectivity index (χ0v) is 18.9. The number of unbranched alkanes of at least 4 members (excludes halogenated alkanes) is 1. The molecule has 2 aromatic heterocycles. The molecule has 0 saturated heterocycles. The van der Waals surface area contributed by atoms with Crippen LogP contribution in [0, 0.1) is 6.92 Å². The van der Waals surface area contributed by atoms with Gasteiger partial charge in [-0.3, -0.25) is 0 Å². The minimum Gasteiger partial charge on any atom is -0.488 e. The Hall–Kier alpha value is -2.92. The molecular formula is C26H30BN3O. The number of hydrogen-bond acceptors (Lipinski definition) is 2. The number of ether oxygens (including phenoxy) is 1. The van der Waals surface area contributed by atoms with Crippen molar-refractivity contribution in [1.82, 2.24) is 14.9 Å². The van der Waals surface area contributed by atoms with E-state index in [2.05, 4.69) is 86.1 Å². The summed E-state index contributed by atoms with van der Waals surface area (Å²) in [4.78, 5) is 9.62. The van der Waals surface area contributed by atoms with E-state index in [4.69, 9.17) is 4.74 Å². The second kappa shape index (κ2) is 7.97. The van der Waals surface area contributed by atoms with E-state index in [0.717, 1.165) is 40.9 Å². The van der Waals surface area contributed by atoms with E-state index in [9.17, 15) is 0 Å². The summed E-state index contributed by atoms with van der Waals surface area (Å²) < 4.78 is 6.50. The molecule has 0 saturated carbocycles. The van der Waals surface area contributed by atoms with Gasteiger partial charge in [-0.15, -0.1) is 0 Å². The molecule has 0 amide bonds. The molecule has 0 aliphatic rings. The number of likely N-dealkylation sites (N-methyl/N-ethyl adjacent to an activating group) is 1. The summed E-state index contributed by atoms with van der Waals surface area (Å²) in [6.07, 6.45) is 2.44. The predicted molar refractivity (Wildman–Crippen MR) is 136 cm³/mol. The highest BCUT2D eigenvalue weighted by Gasteiger charge is 2.18. The Labute approximate surface area is 184 Å². The summed E-state index contributed by atoms with van der Waals surface area (Å²) in [5.41, 5.74) is 6.99. The van der Waals surface area contributed by atoms with Gasteiger partial charge in [0.25, 0.3) is 0 Å². The SMILES string of the molecule is Bc1ccc2[nH]c3c(OCCN(C)CCCC)c4[nH]c5ccc(C)cc5c4cc3c2c1. The molecule has 5 rings (SSSR count). The van der Waals surface area contributed by atoms with Gasteiger partial charge < -0.3 is 19.6 Å². The first-order valence-corrected chi connectivity index (χ1v) is 11.3. The number of aryl methyl sites for hydroxylation is 1. The molecular weight excluding hydrogens is 381 g/mol. The number of aromatic amines is 2. The van der Waals surface area contributed by atoms with Crippen LogP contribution in [0.4, 0.5) is 0 Å². The van der Waals surface area contributed by atoms with Crippen molar-refractivity contribution in [3.63, 3.8) is 0 Å². The monoisotopic (exact) mass is 411 g/mol. The minimum absolute atomic E-state index is 0.664. The van der Waals surface area contributed by atoms with Gasteiger partial charge in [0.05, 0.1) is 11.0 Å². The maximum Gasteiger partial charge on any atom is 0.167 e. The fourth-order valence-corrected chi connectivity index (χ4v) is 4.57. The largest absolute Gasteiger partial charge is 0.488 e. The number of rotatable bonds is 7. The van der Waals surface area contributed by atoms with Gasteiger partial charge in [-0.2, -0.15) is 0 Å². The molecule has 0 aliphatic heterocycles. The average molecular weight is 411 g/mol. The third kappa shape index (κ3) is 3.57. The van der Waals surface area contributed by atoms with E-state index in [-0.39, 0.29) is 0 Å². The summed E-state index contributed by atoms with van der Waals surface area (Å²) in [6, 6.07) is 15.5. The lowest BCUT2D eigenvalue weighted by Crippen LogP contribution is -2.25. The molecule has 4 nitrogen and oxygen atoms in total. The molecule has 31 heavy (non-hydrogen) atoms. The Kier molecular flexibility index (Phi) is 5.15. The van der Waals surface area contributed by atoms with Crippen molar-refractivity contribution in [2.75, 3.05) is 26.7 Å². The van der Waals surface area contributed by atoms with Gasteiger partial charge in [0.1, 0.15) is 14.5 Å². The lowest BCUT2D eigenvalue weighted by Gasteiger charge is -2.17. The van der Waals surface area contributed by atoms with E-state index >= 15 is 0 Å². The van der Waals surface area contributed by atoms with Gasteiger partial charge >= 0.3 is 0 Å². The fraction of sp³-hybridized carbons (Fsp3) is 0.308. The molecule has 2 N–H and O–H groups in total. The molecule has 0 atom stereocenters. The number of benzene rings is 3. The van der Waals surface area contributed by atoms with Gasteiger partial charge in [0.15, 0.2) is 5.75 Å². The highest BCUT2D eigenvalue weighted by atomic mass is 16.5. The quantitative estimate of drug-likeness (QED) is 0.384. The van der Waals surface area contributed by atoms with Crippen LogP contribution >= 0.6 is 0 Å². The molecule has 0 radical (unpaired) electrons. The summed E-state index contributed by atoms with van der Waals surface area (Å²) in [6.45, 7) is 7.07. The number of nitrogens with zero attached hydrogens (tertiary/aromatic N) is 1. The highest BCUT2D eigenvalue weighted by Crippen LogP contribution is 2.40. The van der Waals surface area contributed by atoms with Crippen LogP contribution in [0.25, 0.3) is 43.6 Å². The van der Waals surface area contributed by atoms with Crippen molar-refractivity contribution in [2.24, 2.45) is 0 Å². The van der Waals surface area contributed by atoms with Crippen LogP contribution < -0.4 is 10.2 Å². The molecule has 0 spiro atoms. The maximum absolute atomic E-state index is 6.50. The predicted octanol–water partition coefficient (Wildman–Crippen LogP) is 4.63. The summed E-state index contributed by atoms with van der Waals surface area (Å²) >= 11 is 0. The topological polar surface area (TPSA) is 44.0 Å². The minimum atomic E-state index is 0.664. The average Bonchev–Trinajstić information content (AvgIpc) is 3.29. The van der Waals surface area contributed by atoms with Crippen LogP contribution in [0.5, 0.6) is 5.75 Å². The number of nitrogens with one attached hydrogen (secondary N) is 2. The third-order valence-corrected chi connectivity index (χ3v) is 6.34. The molecule has 0 fully saturated rings. The van der Waals surface area contributed by atoms with Crippen molar-refractivity contribution >= 4 is 56.9 Å². The molecule has 0 bridgehead atoms. The summed E-state index contributed by atoms with van der Waals surface area (Å²) in [5, 5.41) is 4.96. The molecule has 3 aromatic carbocycles. The lowest BCUT2D eigenvalue weighted by atomic mass is 9.94. The van der Waals surface area contributed by atoms with Crippen molar-refractivity contribution in [3.05, 3.63) is 48.0 Å². The van der Waals surface area contributed by atoms with Crippen molar-refractivity contribution in [1.29, 1.82) is 0 Å². The first-order valence-electron chi connectivity index (χ1n) is 11.3. The second-order valence-electron chi connectivity index (χ2n) is 8.90. The van der Waals surface area contributed by atoms with Gasteiger partial charge in [-0.05, 0) is 51.2 Å². The Bertz CT molecular complexity index is 1300. The lowest BCUT2D eigenvalue weighted by molar-refractivity contribution is 0.238. The van der Waals surface area contributed by atoms with Crippen LogP contribution in [0.1, 0.15) is 25.3 Å². The molecule has 158 valence electrons. The van der Waals surface area contributed by atoms with Gasteiger partial charge in [0.2, 0.25) is 0 Å². The van der Waals surface area contributed by atoms with Crippen LogP contribution in [-0.2, 0) is 0 Å². The van der Waals surface area contributed by atoms with Gasteiger partial charge in [-0.1, -0.05) is 42.6 Å². The van der Waals surface area contributed by atoms with Crippen LogP contribution in [0.15, 0.2) is 42.5 Å². The van der Waals surface area contributed by atoms with E-state index in [1.54, 1.807) is 0 Å². The first-order chi connectivity index (χ1) is 15.0. The zero-order valence-electron chi connectivity index (χ0n) is 18.9. The summed E-state index contributed by atoms with van der Waals surface area (Å²) in [5.74, 6) is 0.930. The van der Waals surface area contributed by atoms with Crippen LogP contribution in [-0.4, -0.2) is 49.5 Å². The van der Waals surface area contributed by atoms with Gasteiger partial charge in [-0.25, -0.2) is 0 Å². The number of aromatic nitrogens is 2. The third-order valence-electron chi connectivity index (χ3n) is 6.34. The number of fused-ring (bicyclic) bond motifs is 6. The standard InChI is InChI=1S/C26H30BN3O/c1-4-5-10-30(3)11-12-31-26-24-20(18-13-16(2)6-8-22(18)28-24)15-21-19-14-17(27)7-9-23(19)29-25(21)26/h6-9,13-15,28-29H,4-5,10-12,27H2,1-3H3. The summed E-state index contributed by atoms with van der Waals surface area (Å²) in [7, 11) is 4.32. The molecule has 0 aliphatic carbocycles. The van der Waals surface area contributed by atoms with Crippen molar-refractivity contribution in [2.45, 2.75) is 26.7 Å². The fourth-order valence-electron chi connectivity index (χ4n) is 4.57. The van der Waals surface area contributed by atoms with Crippen LogP contribution in [0.3, 0.4) is 0 Å². The van der Waals surface area contributed by atoms with E-state index in [1.807, 2.05) is 0 Å². The van der Waals surface area contributed by atoms with E-state index in [1.165, 1.54) is 45.4 Å². The molecule has 5 heteroatoms. The highest BCUT2D eigenvalue weighted by molar-refractivity contribution is 6.34. The first kappa shape index (κ1) is 20.0. The van der Waals surface area contributed by atoms with Gasteiger partial charge in [0, 0.05) is 39.1 Å². The molecule has 0 unspecified atom stereocenters. The molecule has 2 heterocycles. The Morgan fingerprint density at radius 3 is 2.26 bits per heavy atom. The normalized spacial score (nSPS) is 12.1. The number of hydrogen-bond donors (Lipinski definition) is 2. The Morgan fingerprint density at radius 1 is 0.871 bits per heavy atom.